The number of thioether (sulfide) groups is 1. The first kappa shape index (κ1) is 33.6. The van der Waals surface area contributed by atoms with Crippen LogP contribution >= 0.6 is 23.1 Å². The fourth-order valence-electron chi connectivity index (χ4n) is 8.23. The molecule has 1 aliphatic heterocycles. The van der Waals surface area contributed by atoms with E-state index in [1.165, 1.54) is 68.1 Å². The largest absolute Gasteiger partial charge is 0.353 e. The molecule has 0 bridgehead atoms. The summed E-state index contributed by atoms with van der Waals surface area (Å²) in [7, 11) is -2.85. The number of rotatable bonds is 6. The van der Waals surface area contributed by atoms with Crippen LogP contribution in [0.4, 0.5) is 17.1 Å². The van der Waals surface area contributed by atoms with Gasteiger partial charge in [-0.15, -0.1) is 23.1 Å². The summed E-state index contributed by atoms with van der Waals surface area (Å²) in [6.07, 6.45) is 2.02. The lowest BCUT2D eigenvalue weighted by molar-refractivity contribution is 1.41. The van der Waals surface area contributed by atoms with Crippen LogP contribution in [0.3, 0.4) is 0 Å². The molecule has 8 aromatic carbocycles. The minimum atomic E-state index is -2.85. The Hall–Kier alpha value is -5.98. The van der Waals surface area contributed by atoms with Gasteiger partial charge < -0.3 is 5.32 Å². The first-order chi connectivity index (χ1) is 27.3. The maximum absolute atomic E-state index is 4.74. The molecule has 0 spiro atoms. The first-order valence-corrected chi connectivity index (χ1v) is 22.4. The maximum Gasteiger partial charge on any atom is 0.179 e. The third-order valence-electron chi connectivity index (χ3n) is 10.8. The molecule has 0 atom stereocenters. The van der Waals surface area contributed by atoms with E-state index in [9.17, 15) is 0 Å². The van der Waals surface area contributed by atoms with Crippen molar-refractivity contribution in [2.45, 2.75) is 4.90 Å². The van der Waals surface area contributed by atoms with E-state index < -0.39 is 8.07 Å². The Morgan fingerprint density at radius 1 is 0.473 bits per heavy atom. The number of thiophene rings is 1. The summed E-state index contributed by atoms with van der Waals surface area (Å²) in [5.41, 5.74) is 8.03. The molecule has 9 aromatic rings. The second-order valence-electron chi connectivity index (χ2n) is 13.9. The smallest absolute Gasteiger partial charge is 0.179 e. The van der Waals surface area contributed by atoms with Gasteiger partial charge in [0.25, 0.3) is 0 Å². The molecular formula is C50H36N2S2Si. The van der Waals surface area contributed by atoms with Gasteiger partial charge in [-0.25, -0.2) is 0 Å². The van der Waals surface area contributed by atoms with Gasteiger partial charge in [0.2, 0.25) is 0 Å². The first-order valence-electron chi connectivity index (χ1n) is 18.6. The molecule has 0 amide bonds. The predicted molar refractivity (Wildman–Crippen MR) is 242 cm³/mol. The lowest BCUT2D eigenvalue weighted by Gasteiger charge is -2.35. The summed E-state index contributed by atoms with van der Waals surface area (Å²) in [6, 6.07) is 71.9. The Morgan fingerprint density at radius 2 is 1.09 bits per heavy atom. The molecule has 0 saturated carbocycles. The van der Waals surface area contributed by atoms with Crippen LogP contribution in [0.5, 0.6) is 0 Å². The fraction of sp³-hybridized carbons (Fsp3) is 0.0200. The van der Waals surface area contributed by atoms with Gasteiger partial charge in [-0.2, -0.15) is 0 Å². The molecule has 1 N–H and O–H groups in total. The van der Waals surface area contributed by atoms with Crippen molar-refractivity contribution < 1.29 is 0 Å². The molecule has 2 heterocycles. The summed E-state index contributed by atoms with van der Waals surface area (Å²) in [5, 5.41) is 11.8. The number of fused-ring (bicyclic) bond motifs is 5. The van der Waals surface area contributed by atoms with Gasteiger partial charge in [-0.05, 0) is 73.3 Å². The molecule has 1 aromatic heterocycles. The van der Waals surface area contributed by atoms with Crippen molar-refractivity contribution in [1.29, 1.82) is 0 Å². The van der Waals surface area contributed by atoms with Crippen molar-refractivity contribution in [1.82, 2.24) is 0 Å². The van der Waals surface area contributed by atoms with Gasteiger partial charge >= 0.3 is 0 Å². The van der Waals surface area contributed by atoms with Gasteiger partial charge in [-0.3, -0.25) is 4.99 Å². The molecule has 0 aliphatic carbocycles. The van der Waals surface area contributed by atoms with Gasteiger partial charge in [0, 0.05) is 37.0 Å². The number of hydrogen-bond acceptors (Lipinski definition) is 4. The van der Waals surface area contributed by atoms with Crippen molar-refractivity contribution in [3.8, 4) is 22.3 Å². The van der Waals surface area contributed by atoms with Crippen LogP contribution in [0, 0.1) is 0 Å². The third-order valence-corrected chi connectivity index (χ3v) is 17.7. The second-order valence-corrected chi connectivity index (χ2v) is 19.8. The number of hydrogen-bond donors (Lipinski definition) is 1. The van der Waals surface area contributed by atoms with Crippen LogP contribution in [0.1, 0.15) is 0 Å². The molecule has 0 unspecified atom stereocenters. The van der Waals surface area contributed by atoms with E-state index >= 15 is 0 Å². The average molecular weight is 757 g/mol. The van der Waals surface area contributed by atoms with E-state index in [2.05, 4.69) is 193 Å². The molecule has 0 fully saturated rings. The van der Waals surface area contributed by atoms with Gasteiger partial charge in [0.15, 0.2) is 8.07 Å². The van der Waals surface area contributed by atoms with Crippen LogP contribution in [-0.4, -0.2) is 20.0 Å². The summed E-state index contributed by atoms with van der Waals surface area (Å²) in [6.45, 7) is 0. The molecular weight excluding hydrogens is 721 g/mol. The molecule has 0 radical (unpaired) electrons. The van der Waals surface area contributed by atoms with E-state index in [1.54, 1.807) is 0 Å². The zero-order valence-corrected chi connectivity index (χ0v) is 32.7. The number of para-hydroxylation sites is 2. The zero-order chi connectivity index (χ0) is 36.6. The van der Waals surface area contributed by atoms with Crippen LogP contribution in [0.15, 0.2) is 204 Å². The van der Waals surface area contributed by atoms with Gasteiger partial charge in [0.1, 0.15) is 0 Å². The SMILES string of the molecule is C1=Nc2ccccc2Nc2ccc(-c3cccc([Si](c4ccccc4)(c4ccccc4)c4cccc(-c5cccc6c5sc5ccccc56)c4)c3)cc2SC1. The molecule has 2 nitrogen and oxygen atoms in total. The van der Waals surface area contributed by atoms with Gasteiger partial charge in [-0.1, -0.05) is 164 Å². The quantitative estimate of drug-likeness (QED) is 0.135. The second kappa shape index (κ2) is 14.3. The number of anilines is 2. The van der Waals surface area contributed by atoms with Crippen molar-refractivity contribution in [3.63, 3.8) is 0 Å². The summed E-state index contributed by atoms with van der Waals surface area (Å²) in [5.74, 6) is 0.802. The zero-order valence-electron chi connectivity index (χ0n) is 30.0. The minimum absolute atomic E-state index is 0.802. The van der Waals surface area contributed by atoms with Crippen LogP contribution < -0.4 is 26.1 Å². The minimum Gasteiger partial charge on any atom is -0.353 e. The lowest BCUT2D eigenvalue weighted by atomic mass is 10.0. The Morgan fingerprint density at radius 3 is 1.89 bits per heavy atom. The molecule has 262 valence electrons. The normalized spacial score (nSPS) is 12.7. The molecule has 55 heavy (non-hydrogen) atoms. The molecule has 1 aliphatic rings. The van der Waals surface area contributed by atoms with Crippen molar-refractivity contribution in [3.05, 3.63) is 194 Å². The number of benzene rings is 8. The Labute approximate surface area is 330 Å². The highest BCUT2D eigenvalue weighted by Crippen LogP contribution is 2.40. The van der Waals surface area contributed by atoms with Gasteiger partial charge in [0.05, 0.1) is 17.1 Å². The van der Waals surface area contributed by atoms with E-state index in [1.807, 2.05) is 35.4 Å². The van der Waals surface area contributed by atoms with Crippen molar-refractivity contribution >= 4 is 95.4 Å². The third kappa shape index (κ3) is 6.01. The Bertz CT molecular complexity index is 2820. The summed E-state index contributed by atoms with van der Waals surface area (Å²) >= 11 is 3.71. The highest BCUT2D eigenvalue weighted by Gasteiger charge is 2.41. The Balaban J connectivity index is 1.16. The van der Waals surface area contributed by atoms with E-state index in [0.717, 1.165) is 22.8 Å². The molecule has 10 rings (SSSR count). The van der Waals surface area contributed by atoms with E-state index in [-0.39, 0.29) is 0 Å². The monoisotopic (exact) mass is 756 g/mol. The number of nitrogens with one attached hydrogen (secondary N) is 1. The van der Waals surface area contributed by atoms with Crippen LogP contribution in [0.2, 0.25) is 0 Å². The van der Waals surface area contributed by atoms with Crippen LogP contribution in [0.25, 0.3) is 42.4 Å². The fourth-order valence-corrected chi connectivity index (χ4v) is 15.1. The Kier molecular flexibility index (Phi) is 8.76. The predicted octanol–water partition coefficient (Wildman–Crippen LogP) is 11.3. The number of aliphatic imine (C=N–C) groups is 1. The van der Waals surface area contributed by atoms with E-state index in [4.69, 9.17) is 4.99 Å². The highest BCUT2D eigenvalue weighted by molar-refractivity contribution is 8.00. The average Bonchev–Trinajstić information content (AvgIpc) is 3.67. The van der Waals surface area contributed by atoms with Crippen LogP contribution in [-0.2, 0) is 0 Å². The molecule has 0 saturated heterocycles. The highest BCUT2D eigenvalue weighted by atomic mass is 32.2. The number of nitrogens with zero attached hydrogens (tertiary/aromatic N) is 1. The summed E-state index contributed by atoms with van der Waals surface area (Å²) in [4.78, 5) is 5.95. The topological polar surface area (TPSA) is 24.4 Å². The lowest BCUT2D eigenvalue weighted by Crippen LogP contribution is -2.74. The maximum atomic E-state index is 4.74. The van der Waals surface area contributed by atoms with Crippen molar-refractivity contribution in [2.24, 2.45) is 4.99 Å². The van der Waals surface area contributed by atoms with Crippen molar-refractivity contribution in [2.75, 3.05) is 11.1 Å². The summed E-state index contributed by atoms with van der Waals surface area (Å²) < 4.78 is 2.66. The molecule has 5 heteroatoms. The standard InChI is InChI=1S/C50H36N2S2Si/c1-3-16-38(17-4-1)55(39-18-5-2-6-19-39,41-21-12-15-37(33-41)42-23-13-24-44-43-22-7-10-27-48(43)54-50(42)44)40-20-11-14-35(32-40)36-28-29-47-49(34-36)53-31-30-51-45-25-8-9-26-46(45)52-47/h1-30,32-34,52H,31H2. The van der Waals surface area contributed by atoms with E-state index in [0.29, 0.717) is 0 Å².